The molecule has 0 amide bonds. The Kier molecular flexibility index (Phi) is 4.82. The second-order valence-corrected chi connectivity index (χ2v) is 8.41. The third-order valence-corrected chi connectivity index (χ3v) is 4.60. The molecule has 28 heavy (non-hydrogen) atoms. The summed E-state index contributed by atoms with van der Waals surface area (Å²) in [5.41, 5.74) is -0.669. The fourth-order valence-corrected chi connectivity index (χ4v) is 3.88. The summed E-state index contributed by atoms with van der Waals surface area (Å²) in [6.45, 7) is 9.65. The van der Waals surface area contributed by atoms with Gasteiger partial charge in [-0.1, -0.05) is 26.0 Å². The van der Waals surface area contributed by atoms with E-state index in [9.17, 15) is 14.4 Å². The highest BCUT2D eigenvalue weighted by Crippen LogP contribution is 2.37. The van der Waals surface area contributed by atoms with Crippen LogP contribution in [0.15, 0.2) is 33.9 Å². The molecule has 0 unspecified atom stereocenters. The number of hydrogen-bond acceptors (Lipinski definition) is 6. The maximum Gasteiger partial charge on any atom is 0.349 e. The highest BCUT2D eigenvalue weighted by atomic mass is 16.5. The first kappa shape index (κ1) is 19.7. The number of ether oxygens (including phenoxy) is 1. The molecule has 0 bridgehead atoms. The third-order valence-electron chi connectivity index (χ3n) is 4.60. The lowest BCUT2D eigenvalue weighted by molar-refractivity contribution is -0.144. The maximum absolute atomic E-state index is 12.4. The standard InChI is InChI=1S/C20H24N4O4/c1-12(25)28-11-19(2,3)10-20(4,5)24-14-9-7-6-8-13(14)21-15-16(24)22-18(27)23-17(15)26/h6-9H,10-11H2,1-5H3,(H,23,26,27). The molecule has 0 aliphatic carbocycles. The van der Waals surface area contributed by atoms with Crippen LogP contribution in [0.4, 0.5) is 0 Å². The summed E-state index contributed by atoms with van der Waals surface area (Å²) in [7, 11) is 0. The Balaban J connectivity index is 2.23. The number of benzene rings is 1. The molecule has 0 saturated heterocycles. The number of nitrogens with zero attached hydrogens (tertiary/aromatic N) is 3. The average molecular weight is 384 g/mol. The number of carbonyl (C=O) groups excluding carboxylic acids is 1. The van der Waals surface area contributed by atoms with E-state index in [1.54, 1.807) is 0 Å². The van der Waals surface area contributed by atoms with E-state index in [2.05, 4.69) is 15.0 Å². The van der Waals surface area contributed by atoms with Gasteiger partial charge in [0.05, 0.1) is 17.6 Å². The van der Waals surface area contributed by atoms with Crippen LogP contribution in [0.3, 0.4) is 0 Å². The predicted octanol–water partition coefficient (Wildman–Crippen LogP) is 2.30. The first-order chi connectivity index (χ1) is 13.0. The van der Waals surface area contributed by atoms with Gasteiger partial charge < -0.3 is 9.30 Å². The molecule has 0 saturated carbocycles. The highest BCUT2D eigenvalue weighted by molar-refractivity contribution is 5.79. The summed E-state index contributed by atoms with van der Waals surface area (Å²) < 4.78 is 7.11. The SMILES string of the molecule is CC(=O)OCC(C)(C)CC(C)(C)n1c2nc(=O)[nH]c(=O)c-2nc2ccccc21. The van der Waals surface area contributed by atoms with Crippen molar-refractivity contribution in [3.05, 3.63) is 45.1 Å². The topological polar surface area (TPSA) is 107 Å². The van der Waals surface area contributed by atoms with Crippen molar-refractivity contribution in [2.24, 2.45) is 5.41 Å². The summed E-state index contributed by atoms with van der Waals surface area (Å²) >= 11 is 0. The molecule has 1 N–H and O–H groups in total. The molecule has 2 heterocycles. The van der Waals surface area contributed by atoms with Gasteiger partial charge in [0, 0.05) is 17.9 Å². The van der Waals surface area contributed by atoms with Crippen LogP contribution in [0, 0.1) is 5.41 Å². The van der Waals surface area contributed by atoms with Crippen molar-refractivity contribution in [1.82, 2.24) is 19.5 Å². The zero-order valence-electron chi connectivity index (χ0n) is 16.7. The van der Waals surface area contributed by atoms with Crippen LogP contribution in [0.1, 0.15) is 41.0 Å². The van der Waals surface area contributed by atoms with Crippen LogP contribution >= 0.6 is 0 Å². The highest BCUT2D eigenvalue weighted by Gasteiger charge is 2.35. The van der Waals surface area contributed by atoms with Crippen LogP contribution in [0.5, 0.6) is 0 Å². The lowest BCUT2D eigenvalue weighted by Gasteiger charge is -2.38. The van der Waals surface area contributed by atoms with Crippen molar-refractivity contribution in [2.45, 2.75) is 46.6 Å². The molecule has 0 atom stereocenters. The maximum atomic E-state index is 12.4. The van der Waals surface area contributed by atoms with E-state index in [1.807, 2.05) is 56.5 Å². The van der Waals surface area contributed by atoms with Crippen LogP contribution in [0.25, 0.3) is 22.6 Å². The number of aromatic nitrogens is 4. The molecular weight excluding hydrogens is 360 g/mol. The quantitative estimate of drug-likeness (QED) is 0.534. The second kappa shape index (κ2) is 6.85. The molecule has 2 aliphatic rings. The largest absolute Gasteiger partial charge is 0.465 e. The van der Waals surface area contributed by atoms with Crippen molar-refractivity contribution in [1.29, 1.82) is 0 Å². The Hall–Kier alpha value is -3.03. The number of fused-ring (bicyclic) bond motifs is 2. The van der Waals surface area contributed by atoms with E-state index in [-0.39, 0.29) is 29.5 Å². The minimum atomic E-state index is -0.710. The average Bonchev–Trinajstić information content (AvgIpc) is 2.57. The molecule has 2 aliphatic heterocycles. The van der Waals surface area contributed by atoms with Gasteiger partial charge in [-0.2, -0.15) is 4.98 Å². The van der Waals surface area contributed by atoms with Crippen molar-refractivity contribution in [2.75, 3.05) is 6.61 Å². The Morgan fingerprint density at radius 1 is 1.14 bits per heavy atom. The summed E-state index contributed by atoms with van der Waals surface area (Å²) in [6, 6.07) is 7.41. The van der Waals surface area contributed by atoms with Crippen LogP contribution in [-0.4, -0.2) is 32.1 Å². The fourth-order valence-electron chi connectivity index (χ4n) is 3.88. The Labute approximate surface area is 161 Å². The normalized spacial score (nSPS) is 12.5. The van der Waals surface area contributed by atoms with Crippen LogP contribution in [-0.2, 0) is 15.1 Å². The van der Waals surface area contributed by atoms with E-state index in [4.69, 9.17) is 4.74 Å². The number of hydrogen-bond donors (Lipinski definition) is 1. The molecule has 1 aromatic rings. The van der Waals surface area contributed by atoms with E-state index in [1.165, 1.54) is 6.92 Å². The van der Waals surface area contributed by atoms with Crippen LogP contribution in [0.2, 0.25) is 0 Å². The molecule has 8 heteroatoms. The molecule has 0 radical (unpaired) electrons. The minimum absolute atomic E-state index is 0.115. The molecular formula is C20H24N4O4. The second-order valence-electron chi connectivity index (χ2n) is 8.41. The number of aromatic amines is 1. The molecule has 1 aromatic carbocycles. The fraction of sp³-hybridized carbons (Fsp3) is 0.450. The summed E-state index contributed by atoms with van der Waals surface area (Å²) in [5, 5.41) is 0. The van der Waals surface area contributed by atoms with E-state index in [0.717, 1.165) is 5.52 Å². The molecule has 3 rings (SSSR count). The van der Waals surface area contributed by atoms with Crippen LogP contribution < -0.4 is 11.2 Å². The van der Waals surface area contributed by atoms with Gasteiger partial charge in [-0.15, -0.1) is 0 Å². The summed E-state index contributed by atoms with van der Waals surface area (Å²) in [6.07, 6.45) is 0.601. The molecule has 0 fully saturated rings. The van der Waals surface area contributed by atoms with Crippen molar-refractivity contribution in [3.8, 4) is 11.5 Å². The van der Waals surface area contributed by atoms with E-state index < -0.39 is 16.8 Å². The first-order valence-electron chi connectivity index (χ1n) is 9.06. The zero-order valence-corrected chi connectivity index (χ0v) is 16.7. The number of H-pyrrole nitrogens is 1. The number of carbonyl (C=O) groups is 1. The third kappa shape index (κ3) is 3.81. The Morgan fingerprint density at radius 3 is 2.50 bits per heavy atom. The molecule has 0 spiro atoms. The Morgan fingerprint density at radius 2 is 1.82 bits per heavy atom. The van der Waals surface area contributed by atoms with Crippen molar-refractivity contribution >= 4 is 17.0 Å². The molecule has 0 aromatic heterocycles. The van der Waals surface area contributed by atoms with Gasteiger partial charge in [-0.05, 0) is 32.4 Å². The van der Waals surface area contributed by atoms with Gasteiger partial charge in [0.15, 0.2) is 11.5 Å². The Bertz CT molecular complexity index is 1130. The molecule has 8 nitrogen and oxygen atoms in total. The summed E-state index contributed by atoms with van der Waals surface area (Å²) in [4.78, 5) is 46.2. The number of para-hydroxylation sites is 2. The van der Waals surface area contributed by atoms with Crippen molar-refractivity contribution < 1.29 is 9.53 Å². The van der Waals surface area contributed by atoms with Gasteiger partial charge in [-0.25, -0.2) is 9.78 Å². The van der Waals surface area contributed by atoms with Crippen molar-refractivity contribution in [3.63, 3.8) is 0 Å². The first-order valence-corrected chi connectivity index (χ1v) is 9.06. The van der Waals surface area contributed by atoms with Gasteiger partial charge in [0.25, 0.3) is 5.56 Å². The lowest BCUT2D eigenvalue weighted by Crippen LogP contribution is -2.39. The van der Waals surface area contributed by atoms with Gasteiger partial charge in [0.1, 0.15) is 0 Å². The summed E-state index contributed by atoms with van der Waals surface area (Å²) in [5.74, 6) is -0.0942. The van der Waals surface area contributed by atoms with Gasteiger partial charge >= 0.3 is 11.7 Å². The van der Waals surface area contributed by atoms with Gasteiger partial charge in [0.2, 0.25) is 0 Å². The predicted molar refractivity (Wildman–Crippen MR) is 105 cm³/mol. The molecule has 148 valence electrons. The smallest absolute Gasteiger partial charge is 0.349 e. The minimum Gasteiger partial charge on any atom is -0.465 e. The number of rotatable bonds is 5. The lowest BCUT2D eigenvalue weighted by atomic mass is 9.80. The van der Waals surface area contributed by atoms with E-state index >= 15 is 0 Å². The van der Waals surface area contributed by atoms with E-state index in [0.29, 0.717) is 11.9 Å². The number of nitrogens with one attached hydrogen (secondary N) is 1. The van der Waals surface area contributed by atoms with Gasteiger partial charge in [-0.3, -0.25) is 14.6 Å². The monoisotopic (exact) mass is 384 g/mol. The number of esters is 1. The zero-order chi connectivity index (χ0) is 20.7.